The van der Waals surface area contributed by atoms with E-state index in [4.69, 9.17) is 9.53 Å². The molecule has 0 amide bonds. The molecule has 0 aromatic carbocycles. The normalized spacial score (nSPS) is 20.5. The first-order chi connectivity index (χ1) is 4.79. The number of rotatable bonds is 1. The van der Waals surface area contributed by atoms with E-state index in [0.29, 0.717) is 6.10 Å². The highest BCUT2D eigenvalue weighted by Crippen LogP contribution is 2.19. The van der Waals surface area contributed by atoms with Gasteiger partial charge in [-0.05, 0) is 12.8 Å². The van der Waals surface area contributed by atoms with E-state index in [2.05, 4.69) is 0 Å². The molecular formula is C8H15O2+. The van der Waals surface area contributed by atoms with Crippen LogP contribution < -0.4 is 0 Å². The summed E-state index contributed by atoms with van der Waals surface area (Å²) in [5.41, 5.74) is 0. The molecule has 10 heavy (non-hydrogen) atoms. The zero-order chi connectivity index (χ0) is 7.40. The molecular weight excluding hydrogens is 128 g/mol. The van der Waals surface area contributed by atoms with Crippen LogP contribution in [0.15, 0.2) is 0 Å². The van der Waals surface area contributed by atoms with Gasteiger partial charge < -0.3 is 9.53 Å². The smallest absolute Gasteiger partial charge is 0.339 e. The van der Waals surface area contributed by atoms with Crippen molar-refractivity contribution in [2.75, 3.05) is 0 Å². The Morgan fingerprint density at radius 2 is 1.90 bits per heavy atom. The molecule has 0 aromatic rings. The second kappa shape index (κ2) is 3.59. The maximum atomic E-state index is 8.80. The van der Waals surface area contributed by atoms with Gasteiger partial charge in [-0.1, -0.05) is 6.42 Å². The Balaban J connectivity index is 2.19. The van der Waals surface area contributed by atoms with Crippen molar-refractivity contribution in [3.05, 3.63) is 0 Å². The molecule has 0 aliphatic heterocycles. The molecule has 58 valence electrons. The zero-order valence-corrected chi connectivity index (χ0v) is 6.47. The summed E-state index contributed by atoms with van der Waals surface area (Å²) >= 11 is 0. The van der Waals surface area contributed by atoms with E-state index in [1.807, 2.05) is 0 Å². The Bertz CT molecular complexity index is 114. The summed E-state index contributed by atoms with van der Waals surface area (Å²) < 4.78 is 5.16. The van der Waals surface area contributed by atoms with Crippen LogP contribution in [0.25, 0.3) is 0 Å². The van der Waals surface area contributed by atoms with E-state index >= 15 is 0 Å². The third-order valence-electron chi connectivity index (χ3n) is 1.89. The van der Waals surface area contributed by atoms with Crippen LogP contribution in [0.2, 0.25) is 0 Å². The fourth-order valence-corrected chi connectivity index (χ4v) is 1.42. The summed E-state index contributed by atoms with van der Waals surface area (Å²) in [6.07, 6.45) is 6.33. The average molecular weight is 143 g/mol. The maximum Gasteiger partial charge on any atom is 0.479 e. The Hall–Kier alpha value is -0.530. The van der Waals surface area contributed by atoms with Crippen molar-refractivity contribution < 1.29 is 9.53 Å². The van der Waals surface area contributed by atoms with Crippen LogP contribution in [0.4, 0.5) is 0 Å². The first-order valence-electron chi connectivity index (χ1n) is 3.98. The van der Waals surface area contributed by atoms with Gasteiger partial charge in [0.25, 0.3) is 0 Å². The Labute approximate surface area is 61.6 Å². The summed E-state index contributed by atoms with van der Waals surface area (Å²) in [6, 6.07) is 0. The van der Waals surface area contributed by atoms with E-state index in [0.717, 1.165) is 12.8 Å². The number of hydrogen-bond donors (Lipinski definition) is 0. The van der Waals surface area contributed by atoms with Crippen molar-refractivity contribution in [1.82, 2.24) is 0 Å². The molecule has 1 aliphatic rings. The summed E-state index contributed by atoms with van der Waals surface area (Å²) in [5.74, 6) is 0.118. The standard InChI is InChI=1S/C8H14O2/c1-7(9)10-8-5-3-2-4-6-8/h8H,2-6H2,1H3/p+1. The van der Waals surface area contributed by atoms with E-state index in [9.17, 15) is 0 Å². The van der Waals surface area contributed by atoms with Gasteiger partial charge in [-0.25, -0.2) is 0 Å². The van der Waals surface area contributed by atoms with Crippen LogP contribution in [-0.4, -0.2) is 16.9 Å². The predicted molar refractivity (Wildman–Crippen MR) is 40.6 cm³/mol. The van der Waals surface area contributed by atoms with Gasteiger partial charge in [0.05, 0.1) is 6.92 Å². The van der Waals surface area contributed by atoms with E-state index < -0.39 is 0 Å². The van der Waals surface area contributed by atoms with E-state index in [1.165, 1.54) is 19.3 Å². The van der Waals surface area contributed by atoms with Crippen LogP contribution >= 0.6 is 0 Å². The first kappa shape index (κ1) is 7.58. The van der Waals surface area contributed by atoms with Gasteiger partial charge in [-0.15, -0.1) is 0 Å². The van der Waals surface area contributed by atoms with E-state index in [1.54, 1.807) is 6.92 Å². The van der Waals surface area contributed by atoms with Crippen LogP contribution in [0.5, 0.6) is 0 Å². The molecule has 0 aromatic heterocycles. The molecule has 1 aliphatic carbocycles. The average Bonchev–Trinajstić information content (AvgIpc) is 1.88. The van der Waals surface area contributed by atoms with Gasteiger partial charge in [0, 0.05) is 12.8 Å². The molecule has 2 nitrogen and oxygen atoms in total. The van der Waals surface area contributed by atoms with Crippen molar-refractivity contribution >= 4 is 5.97 Å². The zero-order valence-electron chi connectivity index (χ0n) is 6.47. The number of esters is 1. The highest BCUT2D eigenvalue weighted by atomic mass is 16.5. The molecule has 1 rings (SSSR count). The summed E-state index contributed by atoms with van der Waals surface area (Å²) in [7, 11) is 0. The lowest BCUT2D eigenvalue weighted by molar-refractivity contribution is 0.127. The molecule has 0 saturated heterocycles. The summed E-state index contributed by atoms with van der Waals surface area (Å²) in [4.78, 5) is 8.80. The molecule has 0 bridgehead atoms. The van der Waals surface area contributed by atoms with Crippen LogP contribution in [0.1, 0.15) is 39.0 Å². The minimum absolute atomic E-state index is 0.118. The molecule has 0 radical (unpaired) electrons. The Morgan fingerprint density at radius 1 is 1.30 bits per heavy atom. The second-order valence-corrected chi connectivity index (χ2v) is 2.90. The highest BCUT2D eigenvalue weighted by molar-refractivity contribution is 5.67. The van der Waals surface area contributed by atoms with Crippen molar-refractivity contribution in [2.24, 2.45) is 0 Å². The molecule has 1 saturated carbocycles. The predicted octanol–water partition coefficient (Wildman–Crippen LogP) is 1.86. The van der Waals surface area contributed by atoms with Gasteiger partial charge in [0.15, 0.2) is 6.10 Å². The lowest BCUT2D eigenvalue weighted by Gasteiger charge is -2.14. The minimum Gasteiger partial charge on any atom is -0.339 e. The molecule has 2 heteroatoms. The third-order valence-corrected chi connectivity index (χ3v) is 1.89. The molecule has 0 heterocycles. The molecule has 1 N–H and O–H groups in total. The van der Waals surface area contributed by atoms with Crippen molar-refractivity contribution in [3.8, 4) is 0 Å². The molecule has 0 spiro atoms. The topological polar surface area (TPSA) is 30.6 Å². The van der Waals surface area contributed by atoms with Crippen LogP contribution in [-0.2, 0) is 4.74 Å². The number of carbonyl (C=O) groups excluding carboxylic acids is 1. The van der Waals surface area contributed by atoms with Gasteiger partial charge >= 0.3 is 5.97 Å². The molecule has 1 fully saturated rings. The van der Waals surface area contributed by atoms with Crippen molar-refractivity contribution in [1.29, 1.82) is 0 Å². The van der Waals surface area contributed by atoms with Gasteiger partial charge in [-0.2, -0.15) is 0 Å². The van der Waals surface area contributed by atoms with Crippen LogP contribution in [0, 0.1) is 0 Å². The Morgan fingerprint density at radius 3 is 2.40 bits per heavy atom. The largest absolute Gasteiger partial charge is 0.479 e. The van der Waals surface area contributed by atoms with Gasteiger partial charge in [0.2, 0.25) is 0 Å². The highest BCUT2D eigenvalue weighted by Gasteiger charge is 2.21. The maximum absolute atomic E-state index is 8.80. The summed E-state index contributed by atoms with van der Waals surface area (Å²) in [5, 5.41) is 0. The van der Waals surface area contributed by atoms with Crippen LogP contribution in [0.3, 0.4) is 0 Å². The monoisotopic (exact) mass is 143 g/mol. The van der Waals surface area contributed by atoms with Gasteiger partial charge in [-0.3, -0.25) is 0 Å². The summed E-state index contributed by atoms with van der Waals surface area (Å²) in [6.45, 7) is 1.59. The minimum atomic E-state index is 0.118. The molecule has 0 atom stereocenters. The fraction of sp³-hybridized carbons (Fsp3) is 0.875. The van der Waals surface area contributed by atoms with Gasteiger partial charge in [0.1, 0.15) is 0 Å². The quantitative estimate of drug-likeness (QED) is 0.407. The second-order valence-electron chi connectivity index (χ2n) is 2.90. The first-order valence-corrected chi connectivity index (χ1v) is 3.98. The number of ether oxygens (including phenoxy) is 1. The SMILES string of the molecule is CC(=[OH+])OC1CCCCC1. The molecule has 0 unspecified atom stereocenters. The Kier molecular flexibility index (Phi) is 2.72. The lowest BCUT2D eigenvalue weighted by atomic mass is 9.98. The lowest BCUT2D eigenvalue weighted by Crippen LogP contribution is -2.19. The fourth-order valence-electron chi connectivity index (χ4n) is 1.42. The van der Waals surface area contributed by atoms with Crippen molar-refractivity contribution in [2.45, 2.75) is 45.1 Å². The number of hydrogen-bond acceptors (Lipinski definition) is 1. The van der Waals surface area contributed by atoms with Crippen molar-refractivity contribution in [3.63, 3.8) is 0 Å². The van der Waals surface area contributed by atoms with E-state index in [-0.39, 0.29) is 5.97 Å². The third kappa shape index (κ3) is 2.38.